The molecule has 0 aliphatic rings. The minimum Gasteiger partial charge on any atom is -0.394 e. The van der Waals surface area contributed by atoms with Gasteiger partial charge in [-0.1, -0.05) is 60.7 Å². The van der Waals surface area contributed by atoms with E-state index >= 15 is 0 Å². The Morgan fingerprint density at radius 3 is 1.41 bits per heavy atom. The number of carbonyl (C=O) groups is 2. The van der Waals surface area contributed by atoms with Gasteiger partial charge in [0.15, 0.2) is 0 Å². The van der Waals surface area contributed by atoms with E-state index < -0.39 is 23.9 Å². The van der Waals surface area contributed by atoms with Crippen molar-refractivity contribution in [1.29, 1.82) is 0 Å². The summed E-state index contributed by atoms with van der Waals surface area (Å²) in [6, 6.07) is 18.1. The number of hydrogen-bond acceptors (Lipinski definition) is 4. The second-order valence-corrected chi connectivity index (χ2v) is 6.45. The van der Waals surface area contributed by atoms with Crippen LogP contribution >= 0.6 is 0 Å². The normalized spacial score (nSPS) is 12.8. The van der Waals surface area contributed by atoms with E-state index in [9.17, 15) is 19.8 Å². The van der Waals surface area contributed by atoms with Gasteiger partial charge in [-0.2, -0.15) is 0 Å². The van der Waals surface area contributed by atoms with E-state index in [1.807, 2.05) is 60.7 Å². The first-order chi connectivity index (χ1) is 13.1. The van der Waals surface area contributed by atoms with Gasteiger partial charge in [0.05, 0.1) is 25.3 Å². The van der Waals surface area contributed by atoms with Crippen molar-refractivity contribution in [2.24, 2.45) is 0 Å². The summed E-state index contributed by atoms with van der Waals surface area (Å²) in [5, 5.41) is 24.3. The van der Waals surface area contributed by atoms with Gasteiger partial charge in [-0.25, -0.2) is 0 Å². The molecular formula is C21H26N2O4. The fourth-order valence-electron chi connectivity index (χ4n) is 2.82. The topological polar surface area (TPSA) is 98.7 Å². The summed E-state index contributed by atoms with van der Waals surface area (Å²) < 4.78 is 0. The summed E-state index contributed by atoms with van der Waals surface area (Å²) in [6.07, 6.45) is 0.618. The van der Waals surface area contributed by atoms with Crippen LogP contribution in [0.1, 0.15) is 17.5 Å². The number of rotatable bonds is 10. The maximum Gasteiger partial charge on any atom is 0.229 e. The van der Waals surface area contributed by atoms with Crippen molar-refractivity contribution in [3.05, 3.63) is 71.8 Å². The largest absolute Gasteiger partial charge is 0.394 e. The number of aliphatic hydroxyl groups excluding tert-OH is 2. The third-order valence-electron chi connectivity index (χ3n) is 4.14. The smallest absolute Gasteiger partial charge is 0.229 e. The Balaban J connectivity index is 1.80. The molecule has 2 aromatic rings. The Morgan fingerprint density at radius 1 is 0.704 bits per heavy atom. The highest BCUT2D eigenvalue weighted by Crippen LogP contribution is 2.04. The number of amides is 2. The van der Waals surface area contributed by atoms with E-state index in [2.05, 4.69) is 10.6 Å². The van der Waals surface area contributed by atoms with Crippen LogP contribution < -0.4 is 10.6 Å². The molecule has 0 unspecified atom stereocenters. The molecule has 0 spiro atoms. The van der Waals surface area contributed by atoms with Gasteiger partial charge in [-0.15, -0.1) is 0 Å². The Bertz CT molecular complexity index is 645. The number of benzene rings is 2. The van der Waals surface area contributed by atoms with Crippen molar-refractivity contribution in [3.63, 3.8) is 0 Å². The average Bonchev–Trinajstić information content (AvgIpc) is 2.68. The van der Waals surface area contributed by atoms with E-state index in [-0.39, 0.29) is 19.6 Å². The van der Waals surface area contributed by atoms with Crippen LogP contribution in [-0.4, -0.2) is 47.3 Å². The fraction of sp³-hybridized carbons (Fsp3) is 0.333. The number of nitrogens with one attached hydrogen (secondary N) is 2. The quantitative estimate of drug-likeness (QED) is 0.465. The number of hydrogen-bond donors (Lipinski definition) is 4. The van der Waals surface area contributed by atoms with Gasteiger partial charge in [-0.05, 0) is 24.0 Å². The van der Waals surface area contributed by atoms with Crippen LogP contribution in [0.25, 0.3) is 0 Å². The van der Waals surface area contributed by atoms with E-state index in [0.717, 1.165) is 11.1 Å². The van der Waals surface area contributed by atoms with Crippen molar-refractivity contribution >= 4 is 11.8 Å². The average molecular weight is 370 g/mol. The molecule has 0 bridgehead atoms. The molecule has 2 atom stereocenters. The zero-order chi connectivity index (χ0) is 19.5. The zero-order valence-electron chi connectivity index (χ0n) is 15.2. The minimum atomic E-state index is -0.459. The van der Waals surface area contributed by atoms with E-state index in [0.29, 0.717) is 12.8 Å². The summed E-state index contributed by atoms with van der Waals surface area (Å²) in [4.78, 5) is 24.2. The Hall–Kier alpha value is -2.70. The molecule has 0 saturated heterocycles. The number of carbonyl (C=O) groups excluding carboxylic acids is 2. The summed E-state index contributed by atoms with van der Waals surface area (Å²) in [5.74, 6) is -0.919. The fourth-order valence-corrected chi connectivity index (χ4v) is 2.82. The molecule has 2 rings (SSSR count). The molecule has 0 aliphatic carbocycles. The molecule has 4 N–H and O–H groups in total. The maximum atomic E-state index is 12.1. The van der Waals surface area contributed by atoms with E-state index in [4.69, 9.17) is 0 Å². The summed E-state index contributed by atoms with van der Waals surface area (Å²) in [7, 11) is 0. The van der Waals surface area contributed by atoms with Crippen LogP contribution in [0.15, 0.2) is 60.7 Å². The minimum absolute atomic E-state index is 0.213. The lowest BCUT2D eigenvalue weighted by Crippen LogP contribution is -2.44. The molecule has 0 aliphatic heterocycles. The molecule has 0 fully saturated rings. The molecule has 0 aromatic heterocycles. The van der Waals surface area contributed by atoms with Crippen molar-refractivity contribution < 1.29 is 19.8 Å². The first-order valence-electron chi connectivity index (χ1n) is 8.99. The van der Waals surface area contributed by atoms with Crippen LogP contribution in [0, 0.1) is 0 Å². The third-order valence-corrected chi connectivity index (χ3v) is 4.14. The molecule has 0 heterocycles. The molecule has 0 radical (unpaired) electrons. The molecule has 0 saturated carbocycles. The van der Waals surface area contributed by atoms with Crippen molar-refractivity contribution in [3.8, 4) is 0 Å². The van der Waals surface area contributed by atoms with Crippen LogP contribution in [0.5, 0.6) is 0 Å². The first-order valence-corrected chi connectivity index (χ1v) is 8.99. The lowest BCUT2D eigenvalue weighted by atomic mass is 10.1. The molecule has 2 aromatic carbocycles. The summed E-state index contributed by atoms with van der Waals surface area (Å²) in [6.45, 7) is -0.426. The number of aliphatic hydroxyl groups is 2. The van der Waals surface area contributed by atoms with Crippen molar-refractivity contribution in [2.75, 3.05) is 13.2 Å². The van der Waals surface area contributed by atoms with Gasteiger partial charge < -0.3 is 20.8 Å². The lowest BCUT2D eigenvalue weighted by Gasteiger charge is -2.18. The zero-order valence-corrected chi connectivity index (χ0v) is 15.2. The van der Waals surface area contributed by atoms with Gasteiger partial charge in [-0.3, -0.25) is 9.59 Å². The second-order valence-electron chi connectivity index (χ2n) is 6.45. The van der Waals surface area contributed by atoms with E-state index in [1.54, 1.807) is 0 Å². The van der Waals surface area contributed by atoms with Gasteiger partial charge in [0.2, 0.25) is 11.8 Å². The molecule has 27 heavy (non-hydrogen) atoms. The van der Waals surface area contributed by atoms with Gasteiger partial charge in [0.1, 0.15) is 6.42 Å². The highest BCUT2D eigenvalue weighted by atomic mass is 16.3. The predicted molar refractivity (Wildman–Crippen MR) is 103 cm³/mol. The Labute approximate surface area is 159 Å². The van der Waals surface area contributed by atoms with Crippen molar-refractivity contribution in [2.45, 2.75) is 31.3 Å². The monoisotopic (exact) mass is 370 g/mol. The third kappa shape index (κ3) is 7.60. The predicted octanol–water partition coefficient (Wildman–Crippen LogP) is 0.816. The molecule has 2 amide bonds. The van der Waals surface area contributed by atoms with Crippen LogP contribution in [0.2, 0.25) is 0 Å². The highest BCUT2D eigenvalue weighted by Gasteiger charge is 2.18. The first kappa shape index (κ1) is 20.6. The van der Waals surface area contributed by atoms with Gasteiger partial charge >= 0.3 is 0 Å². The highest BCUT2D eigenvalue weighted by molar-refractivity contribution is 5.97. The SMILES string of the molecule is O=C(CC(=O)N[C@@H](CO)Cc1ccccc1)N[C@@H](CO)Cc1ccccc1. The summed E-state index contributed by atoms with van der Waals surface area (Å²) >= 11 is 0. The maximum absolute atomic E-state index is 12.1. The van der Waals surface area contributed by atoms with Gasteiger partial charge in [0, 0.05) is 0 Å². The molecule has 6 nitrogen and oxygen atoms in total. The molecule has 6 heteroatoms. The standard InChI is InChI=1S/C21H26N2O4/c24-14-18(11-16-7-3-1-4-8-16)22-20(26)13-21(27)23-19(15-25)12-17-9-5-2-6-10-17/h1-10,18-19,24-25H,11-15H2,(H,22,26)(H,23,27)/t18-,19-/m1/s1. The van der Waals surface area contributed by atoms with Crippen molar-refractivity contribution in [1.82, 2.24) is 10.6 Å². The lowest BCUT2D eigenvalue weighted by molar-refractivity contribution is -0.130. The molecule has 144 valence electrons. The summed E-state index contributed by atoms with van der Waals surface area (Å²) in [5.41, 5.74) is 1.98. The molecular weight excluding hydrogens is 344 g/mol. The van der Waals surface area contributed by atoms with Crippen LogP contribution in [-0.2, 0) is 22.4 Å². The van der Waals surface area contributed by atoms with E-state index in [1.165, 1.54) is 0 Å². The van der Waals surface area contributed by atoms with Gasteiger partial charge in [0.25, 0.3) is 0 Å². The van der Waals surface area contributed by atoms with Crippen LogP contribution in [0.3, 0.4) is 0 Å². The Kier molecular flexibility index (Phi) is 8.48. The second kappa shape index (κ2) is 11.1. The van der Waals surface area contributed by atoms with Crippen LogP contribution in [0.4, 0.5) is 0 Å². The Morgan fingerprint density at radius 2 is 1.07 bits per heavy atom.